The first kappa shape index (κ1) is 16.6. The second kappa shape index (κ2) is 7.53. The van der Waals surface area contributed by atoms with E-state index in [1.54, 1.807) is 15.8 Å². The number of benzene rings is 1. The Morgan fingerprint density at radius 3 is 2.83 bits per heavy atom. The molecule has 0 radical (unpaired) electrons. The minimum absolute atomic E-state index is 0.0852. The molecule has 1 fully saturated rings. The zero-order valence-corrected chi connectivity index (χ0v) is 14.3. The Kier molecular flexibility index (Phi) is 5.20. The Bertz CT molecular complexity index is 716. The lowest BCUT2D eigenvalue weighted by Crippen LogP contribution is -2.53. The molecular weight excluding hydrogens is 324 g/mol. The van der Waals surface area contributed by atoms with Crippen LogP contribution in [0.1, 0.15) is 12.8 Å². The van der Waals surface area contributed by atoms with Crippen molar-refractivity contribution in [3.05, 3.63) is 42.6 Å². The van der Waals surface area contributed by atoms with Crippen LogP contribution >= 0.6 is 11.8 Å². The molecule has 2 amide bonds. The average Bonchev–Trinajstić information content (AvgIpc) is 3.02. The lowest BCUT2D eigenvalue weighted by Gasteiger charge is -2.31. The second-order valence-electron chi connectivity index (χ2n) is 5.70. The van der Waals surface area contributed by atoms with Gasteiger partial charge >= 0.3 is 0 Å². The first-order valence-corrected chi connectivity index (χ1v) is 8.90. The van der Waals surface area contributed by atoms with Crippen molar-refractivity contribution in [1.82, 2.24) is 15.1 Å². The van der Waals surface area contributed by atoms with Gasteiger partial charge in [-0.15, -0.1) is 11.8 Å². The van der Waals surface area contributed by atoms with Gasteiger partial charge in [-0.05, 0) is 25.0 Å². The fourth-order valence-corrected chi connectivity index (χ4v) is 3.42. The molecular formula is C17H20N4O2S. The molecule has 3 rings (SSSR count). The van der Waals surface area contributed by atoms with Gasteiger partial charge in [-0.25, -0.2) is 0 Å². The largest absolute Gasteiger partial charge is 0.344 e. The highest BCUT2D eigenvalue weighted by Gasteiger charge is 2.31. The summed E-state index contributed by atoms with van der Waals surface area (Å²) in [5, 5.41) is 7.14. The second-order valence-corrected chi connectivity index (χ2v) is 6.75. The number of anilines is 1. The summed E-state index contributed by atoms with van der Waals surface area (Å²) < 4.78 is 1.67. The van der Waals surface area contributed by atoms with E-state index >= 15 is 0 Å². The van der Waals surface area contributed by atoms with Crippen molar-refractivity contribution in [1.29, 1.82) is 0 Å². The summed E-state index contributed by atoms with van der Waals surface area (Å²) in [6.45, 7) is 0.640. The average molecular weight is 344 g/mol. The normalized spacial score (nSPS) is 17.8. The van der Waals surface area contributed by atoms with Crippen LogP contribution in [0.2, 0.25) is 0 Å². The molecule has 1 aliphatic heterocycles. The number of amides is 2. The number of nitrogens with zero attached hydrogens (tertiary/aromatic N) is 3. The van der Waals surface area contributed by atoms with Crippen molar-refractivity contribution in [3.63, 3.8) is 0 Å². The van der Waals surface area contributed by atoms with Gasteiger partial charge in [-0.2, -0.15) is 5.10 Å². The van der Waals surface area contributed by atoms with Crippen LogP contribution in [0.5, 0.6) is 0 Å². The Morgan fingerprint density at radius 1 is 1.33 bits per heavy atom. The number of thioether (sulfide) groups is 1. The highest BCUT2D eigenvalue weighted by molar-refractivity contribution is 8.00. The van der Waals surface area contributed by atoms with E-state index in [2.05, 4.69) is 10.4 Å². The van der Waals surface area contributed by atoms with Crippen LogP contribution in [-0.4, -0.2) is 39.9 Å². The molecule has 0 unspecified atom stereocenters. The minimum Gasteiger partial charge on any atom is -0.344 e. The maximum atomic E-state index is 12.6. The number of aryl methyl sites for hydroxylation is 1. The molecule has 0 saturated carbocycles. The topological polar surface area (TPSA) is 67.2 Å². The maximum Gasteiger partial charge on any atom is 0.250 e. The van der Waals surface area contributed by atoms with Crippen molar-refractivity contribution < 1.29 is 9.59 Å². The number of aromatic nitrogens is 2. The van der Waals surface area contributed by atoms with Gasteiger partial charge in [0.15, 0.2) is 5.82 Å². The van der Waals surface area contributed by atoms with E-state index in [4.69, 9.17) is 0 Å². The third kappa shape index (κ3) is 3.97. The van der Waals surface area contributed by atoms with E-state index in [0.29, 0.717) is 24.5 Å². The van der Waals surface area contributed by atoms with Gasteiger partial charge in [-0.1, -0.05) is 18.2 Å². The molecule has 24 heavy (non-hydrogen) atoms. The van der Waals surface area contributed by atoms with Crippen LogP contribution in [0.25, 0.3) is 0 Å². The fourth-order valence-electron chi connectivity index (χ4n) is 2.69. The van der Waals surface area contributed by atoms with E-state index < -0.39 is 6.04 Å². The third-order valence-corrected chi connectivity index (χ3v) is 4.88. The zero-order chi connectivity index (χ0) is 16.9. The van der Waals surface area contributed by atoms with Gasteiger partial charge in [0.1, 0.15) is 6.04 Å². The van der Waals surface area contributed by atoms with Crippen LogP contribution in [0.3, 0.4) is 0 Å². The van der Waals surface area contributed by atoms with Crippen molar-refractivity contribution in [2.24, 2.45) is 7.05 Å². The molecule has 1 aromatic heterocycles. The van der Waals surface area contributed by atoms with Crippen LogP contribution < -0.4 is 10.2 Å². The molecule has 1 atom stereocenters. The Balaban J connectivity index is 1.56. The van der Waals surface area contributed by atoms with E-state index in [0.717, 1.165) is 11.3 Å². The molecule has 1 N–H and O–H groups in total. The standard InChI is InChI=1S/C17H20N4O2S/c1-20-11-9-15(19-20)21-10-5-8-14(17(21)23)18-16(22)12-24-13-6-3-2-4-7-13/h2-4,6-7,9,11,14H,5,8,10,12H2,1H3,(H,18,22)/t14-/m0/s1. The number of hydrogen-bond acceptors (Lipinski definition) is 4. The molecule has 7 heteroatoms. The molecule has 0 aliphatic carbocycles. The van der Waals surface area contributed by atoms with E-state index in [1.807, 2.05) is 43.4 Å². The predicted molar refractivity (Wildman–Crippen MR) is 93.9 cm³/mol. The van der Waals surface area contributed by atoms with Gasteiger partial charge in [-0.3, -0.25) is 19.2 Å². The summed E-state index contributed by atoms with van der Waals surface area (Å²) in [6, 6.07) is 11.1. The van der Waals surface area contributed by atoms with Crippen molar-refractivity contribution in [2.75, 3.05) is 17.2 Å². The summed E-state index contributed by atoms with van der Waals surface area (Å²) in [6.07, 6.45) is 3.32. The first-order valence-electron chi connectivity index (χ1n) is 7.92. The minimum atomic E-state index is -0.468. The van der Waals surface area contributed by atoms with E-state index in [1.165, 1.54) is 11.8 Å². The monoisotopic (exact) mass is 344 g/mol. The molecule has 0 bridgehead atoms. The summed E-state index contributed by atoms with van der Waals surface area (Å²) in [4.78, 5) is 27.4. The number of rotatable bonds is 5. The van der Waals surface area contributed by atoms with Crippen molar-refractivity contribution in [3.8, 4) is 0 Å². The molecule has 1 saturated heterocycles. The van der Waals surface area contributed by atoms with Gasteiger partial charge < -0.3 is 5.32 Å². The van der Waals surface area contributed by atoms with Gasteiger partial charge in [0.05, 0.1) is 5.75 Å². The van der Waals surface area contributed by atoms with Crippen LogP contribution in [0, 0.1) is 0 Å². The molecule has 0 spiro atoms. The first-order chi connectivity index (χ1) is 11.6. The number of piperidine rings is 1. The lowest BCUT2D eigenvalue weighted by atomic mass is 10.0. The summed E-state index contributed by atoms with van der Waals surface area (Å²) in [5.41, 5.74) is 0. The number of hydrogen-bond donors (Lipinski definition) is 1. The summed E-state index contributed by atoms with van der Waals surface area (Å²) >= 11 is 1.47. The quantitative estimate of drug-likeness (QED) is 0.840. The molecule has 2 aromatic rings. The number of carbonyl (C=O) groups excluding carboxylic acids is 2. The predicted octanol–water partition coefficient (Wildman–Crippen LogP) is 1.82. The van der Waals surface area contributed by atoms with Gasteiger partial charge in [0.2, 0.25) is 5.91 Å². The van der Waals surface area contributed by atoms with E-state index in [9.17, 15) is 9.59 Å². The Labute approximate surface area is 145 Å². The van der Waals surface area contributed by atoms with Crippen LogP contribution in [0.15, 0.2) is 47.5 Å². The third-order valence-electron chi connectivity index (χ3n) is 3.86. The molecule has 1 aliphatic rings. The highest BCUT2D eigenvalue weighted by Crippen LogP contribution is 2.20. The van der Waals surface area contributed by atoms with Crippen molar-refractivity contribution >= 4 is 29.4 Å². The summed E-state index contributed by atoms with van der Waals surface area (Å²) in [5.74, 6) is 0.736. The molecule has 2 heterocycles. The Hall–Kier alpha value is -2.28. The number of carbonyl (C=O) groups is 2. The van der Waals surface area contributed by atoms with Gasteiger partial charge in [0.25, 0.3) is 5.91 Å². The fraction of sp³-hybridized carbons (Fsp3) is 0.353. The van der Waals surface area contributed by atoms with Crippen LogP contribution in [-0.2, 0) is 16.6 Å². The van der Waals surface area contributed by atoms with Crippen LogP contribution in [0.4, 0.5) is 5.82 Å². The maximum absolute atomic E-state index is 12.6. The zero-order valence-electron chi connectivity index (χ0n) is 13.5. The highest BCUT2D eigenvalue weighted by atomic mass is 32.2. The SMILES string of the molecule is Cn1ccc(N2CCC[C@H](NC(=O)CSc3ccccc3)C2=O)n1. The molecule has 126 valence electrons. The summed E-state index contributed by atoms with van der Waals surface area (Å²) in [7, 11) is 1.82. The van der Waals surface area contributed by atoms with Gasteiger partial charge in [0, 0.05) is 30.8 Å². The number of nitrogens with one attached hydrogen (secondary N) is 1. The molecule has 1 aromatic carbocycles. The smallest absolute Gasteiger partial charge is 0.250 e. The lowest BCUT2D eigenvalue weighted by molar-refractivity contribution is -0.127. The Morgan fingerprint density at radius 2 is 2.12 bits per heavy atom. The van der Waals surface area contributed by atoms with Crippen molar-refractivity contribution in [2.45, 2.75) is 23.8 Å². The van der Waals surface area contributed by atoms with E-state index in [-0.39, 0.29) is 11.8 Å². The molecule has 6 nitrogen and oxygen atoms in total.